The molecule has 26 heavy (non-hydrogen) atoms. The second-order valence-corrected chi connectivity index (χ2v) is 6.49. The summed E-state index contributed by atoms with van der Waals surface area (Å²) in [6, 6.07) is 23.2. The first-order valence-electron chi connectivity index (χ1n) is 8.27. The predicted octanol–water partition coefficient (Wildman–Crippen LogP) is 5.88. The van der Waals surface area contributed by atoms with E-state index in [0.717, 1.165) is 39.8 Å². The molecule has 0 fully saturated rings. The smallest absolute Gasteiger partial charge is 0.150 e. The van der Waals surface area contributed by atoms with Crippen LogP contribution in [0.3, 0.4) is 0 Å². The van der Waals surface area contributed by atoms with Gasteiger partial charge in [0.15, 0.2) is 6.29 Å². The van der Waals surface area contributed by atoms with Gasteiger partial charge in [-0.25, -0.2) is 0 Å². The zero-order chi connectivity index (χ0) is 17.9. The molecule has 3 nitrogen and oxygen atoms in total. The van der Waals surface area contributed by atoms with Gasteiger partial charge < -0.3 is 9.72 Å². The Morgan fingerprint density at radius 3 is 2.62 bits per heavy atom. The number of carbonyl (C=O) groups excluding carboxylic acids is 1. The number of rotatable bonds is 5. The van der Waals surface area contributed by atoms with Crippen molar-refractivity contribution in [1.29, 1.82) is 0 Å². The lowest BCUT2D eigenvalue weighted by molar-refractivity contribution is 0.112. The van der Waals surface area contributed by atoms with Gasteiger partial charge in [-0.3, -0.25) is 4.79 Å². The minimum atomic E-state index is 0.521. The summed E-state index contributed by atoms with van der Waals surface area (Å²) in [6.45, 7) is 0.521. The molecule has 3 aromatic carbocycles. The molecule has 1 aromatic heterocycles. The van der Waals surface area contributed by atoms with E-state index >= 15 is 0 Å². The van der Waals surface area contributed by atoms with Crippen LogP contribution in [0.2, 0.25) is 5.02 Å². The van der Waals surface area contributed by atoms with Gasteiger partial charge in [0.2, 0.25) is 0 Å². The average molecular weight is 362 g/mol. The lowest BCUT2D eigenvalue weighted by Crippen LogP contribution is -1.94. The van der Waals surface area contributed by atoms with E-state index in [9.17, 15) is 4.79 Å². The van der Waals surface area contributed by atoms with Crippen LogP contribution in [0, 0.1) is 0 Å². The molecule has 4 rings (SSSR count). The van der Waals surface area contributed by atoms with E-state index in [-0.39, 0.29) is 0 Å². The van der Waals surface area contributed by atoms with E-state index in [4.69, 9.17) is 16.3 Å². The Morgan fingerprint density at radius 2 is 1.81 bits per heavy atom. The second-order valence-electron chi connectivity index (χ2n) is 6.06. The monoisotopic (exact) mass is 361 g/mol. The van der Waals surface area contributed by atoms with Gasteiger partial charge >= 0.3 is 0 Å². The Kier molecular flexibility index (Phi) is 4.46. The van der Waals surface area contributed by atoms with Gasteiger partial charge in [-0.1, -0.05) is 41.9 Å². The average Bonchev–Trinajstić information content (AvgIpc) is 3.10. The molecular weight excluding hydrogens is 346 g/mol. The van der Waals surface area contributed by atoms with Crippen LogP contribution in [0.25, 0.3) is 22.2 Å². The SMILES string of the molecule is O=Cc1ccc(Cl)cc1-c1cc2cc(OCc3ccccc3)ccc2[nH]1. The van der Waals surface area contributed by atoms with E-state index < -0.39 is 0 Å². The fourth-order valence-electron chi connectivity index (χ4n) is 2.95. The number of hydrogen-bond acceptors (Lipinski definition) is 2. The van der Waals surface area contributed by atoms with Gasteiger partial charge in [0.1, 0.15) is 12.4 Å². The maximum Gasteiger partial charge on any atom is 0.150 e. The number of nitrogens with one attached hydrogen (secondary N) is 1. The lowest BCUT2D eigenvalue weighted by atomic mass is 10.1. The first-order valence-corrected chi connectivity index (χ1v) is 8.65. The highest BCUT2D eigenvalue weighted by atomic mass is 35.5. The Morgan fingerprint density at radius 1 is 0.962 bits per heavy atom. The Hall–Kier alpha value is -3.04. The number of aromatic amines is 1. The molecule has 0 aliphatic rings. The van der Waals surface area contributed by atoms with Crippen molar-refractivity contribution in [3.05, 3.63) is 88.9 Å². The van der Waals surface area contributed by atoms with Gasteiger partial charge in [-0.05, 0) is 48.0 Å². The predicted molar refractivity (Wildman–Crippen MR) is 105 cm³/mol. The third-order valence-corrected chi connectivity index (χ3v) is 4.51. The number of carbonyl (C=O) groups is 1. The molecule has 0 unspecified atom stereocenters. The van der Waals surface area contributed by atoms with E-state index in [1.807, 2.05) is 54.6 Å². The largest absolute Gasteiger partial charge is 0.489 e. The zero-order valence-electron chi connectivity index (χ0n) is 13.9. The summed E-state index contributed by atoms with van der Waals surface area (Å²) < 4.78 is 5.89. The molecule has 0 amide bonds. The summed E-state index contributed by atoms with van der Waals surface area (Å²) in [4.78, 5) is 14.7. The second kappa shape index (κ2) is 7.06. The van der Waals surface area contributed by atoms with Crippen LogP contribution in [0.5, 0.6) is 5.75 Å². The molecule has 128 valence electrons. The topological polar surface area (TPSA) is 42.1 Å². The number of aldehydes is 1. The molecule has 0 aliphatic heterocycles. The molecule has 0 radical (unpaired) electrons. The quantitative estimate of drug-likeness (QED) is 0.451. The summed E-state index contributed by atoms with van der Waals surface area (Å²) in [5, 5.41) is 1.61. The fraction of sp³-hybridized carbons (Fsp3) is 0.0455. The van der Waals surface area contributed by atoms with Crippen LogP contribution in [-0.4, -0.2) is 11.3 Å². The molecule has 1 heterocycles. The van der Waals surface area contributed by atoms with E-state index in [0.29, 0.717) is 17.2 Å². The first kappa shape index (κ1) is 16.4. The molecule has 0 atom stereocenters. The van der Waals surface area contributed by atoms with Gasteiger partial charge in [0.05, 0.1) is 0 Å². The Balaban J connectivity index is 1.64. The van der Waals surface area contributed by atoms with Crippen LogP contribution in [-0.2, 0) is 6.61 Å². The maximum atomic E-state index is 11.3. The molecule has 1 N–H and O–H groups in total. The summed E-state index contributed by atoms with van der Waals surface area (Å²) in [5.74, 6) is 0.800. The number of H-pyrrole nitrogens is 1. The van der Waals surface area contributed by atoms with Crippen molar-refractivity contribution in [1.82, 2.24) is 4.98 Å². The zero-order valence-corrected chi connectivity index (χ0v) is 14.7. The number of halogens is 1. The molecule has 0 saturated carbocycles. The van der Waals surface area contributed by atoms with Crippen LogP contribution >= 0.6 is 11.6 Å². The molecule has 0 spiro atoms. The van der Waals surface area contributed by atoms with Crippen LogP contribution in [0.15, 0.2) is 72.8 Å². The van der Waals surface area contributed by atoms with Crippen molar-refractivity contribution >= 4 is 28.8 Å². The number of aromatic nitrogens is 1. The summed E-state index contributed by atoms with van der Waals surface area (Å²) in [6.07, 6.45) is 0.839. The third-order valence-electron chi connectivity index (χ3n) is 4.27. The van der Waals surface area contributed by atoms with E-state index in [1.165, 1.54) is 0 Å². The number of hydrogen-bond donors (Lipinski definition) is 1. The summed E-state index contributed by atoms with van der Waals surface area (Å²) >= 11 is 6.10. The van der Waals surface area contributed by atoms with Gasteiger partial charge in [0, 0.05) is 32.7 Å². The number of ether oxygens (including phenoxy) is 1. The molecule has 0 saturated heterocycles. The van der Waals surface area contributed by atoms with Crippen LogP contribution < -0.4 is 4.74 Å². The molecule has 4 aromatic rings. The van der Waals surface area contributed by atoms with Crippen molar-refractivity contribution in [3.63, 3.8) is 0 Å². The highest BCUT2D eigenvalue weighted by Crippen LogP contribution is 2.30. The first-order chi connectivity index (χ1) is 12.7. The summed E-state index contributed by atoms with van der Waals surface area (Å²) in [7, 11) is 0. The van der Waals surface area contributed by atoms with Gasteiger partial charge in [-0.15, -0.1) is 0 Å². The molecular formula is C22H16ClNO2. The standard InChI is InChI=1S/C22H16ClNO2/c23-18-7-6-16(13-25)20(12-18)22-11-17-10-19(8-9-21(17)24-22)26-14-15-4-2-1-3-5-15/h1-13,24H,14H2. The van der Waals surface area contributed by atoms with Crippen molar-refractivity contribution in [2.24, 2.45) is 0 Å². The highest BCUT2D eigenvalue weighted by Gasteiger charge is 2.10. The Bertz CT molecular complexity index is 1070. The van der Waals surface area contributed by atoms with Crippen molar-refractivity contribution in [2.45, 2.75) is 6.61 Å². The van der Waals surface area contributed by atoms with Crippen molar-refractivity contribution in [3.8, 4) is 17.0 Å². The minimum absolute atomic E-state index is 0.521. The number of benzene rings is 3. The van der Waals surface area contributed by atoms with Gasteiger partial charge in [0.25, 0.3) is 0 Å². The molecule has 4 heteroatoms. The van der Waals surface area contributed by atoms with Crippen molar-refractivity contribution in [2.75, 3.05) is 0 Å². The van der Waals surface area contributed by atoms with E-state index in [2.05, 4.69) is 4.98 Å². The fourth-order valence-corrected chi connectivity index (χ4v) is 3.12. The minimum Gasteiger partial charge on any atom is -0.489 e. The van der Waals surface area contributed by atoms with Crippen molar-refractivity contribution < 1.29 is 9.53 Å². The summed E-state index contributed by atoms with van der Waals surface area (Å²) in [5.41, 5.74) is 4.34. The van der Waals surface area contributed by atoms with E-state index in [1.54, 1.807) is 18.2 Å². The number of fused-ring (bicyclic) bond motifs is 1. The highest BCUT2D eigenvalue weighted by molar-refractivity contribution is 6.31. The lowest BCUT2D eigenvalue weighted by Gasteiger charge is -2.06. The Labute approximate surface area is 156 Å². The third kappa shape index (κ3) is 3.35. The molecule has 0 aliphatic carbocycles. The maximum absolute atomic E-state index is 11.3. The normalized spacial score (nSPS) is 10.8. The van der Waals surface area contributed by atoms with Crippen LogP contribution in [0.4, 0.5) is 0 Å². The molecule has 0 bridgehead atoms. The van der Waals surface area contributed by atoms with Gasteiger partial charge in [-0.2, -0.15) is 0 Å². The van der Waals surface area contributed by atoms with Crippen LogP contribution in [0.1, 0.15) is 15.9 Å².